The summed E-state index contributed by atoms with van der Waals surface area (Å²) in [4.78, 5) is 26.3. The third-order valence-corrected chi connectivity index (χ3v) is 5.80. The van der Waals surface area contributed by atoms with Crippen LogP contribution in [-0.2, 0) is 0 Å². The van der Waals surface area contributed by atoms with E-state index in [1.807, 2.05) is 0 Å². The van der Waals surface area contributed by atoms with E-state index >= 15 is 0 Å². The zero-order valence-electron chi connectivity index (χ0n) is 18.4. The summed E-state index contributed by atoms with van der Waals surface area (Å²) >= 11 is 0. The molecule has 0 fully saturated rings. The van der Waals surface area contributed by atoms with E-state index in [2.05, 4.69) is 6.58 Å². The molecule has 0 unspecified atom stereocenters. The van der Waals surface area contributed by atoms with Gasteiger partial charge in [0.1, 0.15) is 35.0 Å². The second-order valence-corrected chi connectivity index (χ2v) is 7.90. The van der Waals surface area contributed by atoms with Gasteiger partial charge in [0, 0.05) is 0 Å². The molecule has 0 aliphatic heterocycles. The first-order chi connectivity index (χ1) is 17.0. The van der Waals surface area contributed by atoms with Gasteiger partial charge in [-0.3, -0.25) is 0 Å². The van der Waals surface area contributed by atoms with E-state index in [4.69, 9.17) is 13.6 Å². The van der Waals surface area contributed by atoms with Gasteiger partial charge in [-0.05, 0) is 42.0 Å². The van der Waals surface area contributed by atoms with Gasteiger partial charge in [0.25, 0.3) is 0 Å². The first-order valence-corrected chi connectivity index (χ1v) is 10.8. The van der Waals surface area contributed by atoms with Crippen LogP contribution in [0.15, 0.2) is 104 Å². The maximum Gasteiger partial charge on any atom is 0.344 e. The van der Waals surface area contributed by atoms with Gasteiger partial charge in [-0.15, -0.1) is 0 Å². The molecule has 0 atom stereocenters. The summed E-state index contributed by atoms with van der Waals surface area (Å²) in [6.07, 6.45) is 1.60. The van der Waals surface area contributed by atoms with Gasteiger partial charge in [-0.25, -0.2) is 9.59 Å². The average Bonchev–Trinajstić information content (AvgIpc) is 2.87. The molecule has 2 heterocycles. The first-order valence-electron chi connectivity index (χ1n) is 10.8. The van der Waals surface area contributed by atoms with E-state index in [0.717, 1.165) is 0 Å². The molecular weight excluding hydrogens is 448 g/mol. The van der Waals surface area contributed by atoms with Gasteiger partial charge >= 0.3 is 11.3 Å². The van der Waals surface area contributed by atoms with Crippen molar-refractivity contribution in [1.82, 2.24) is 0 Å². The van der Waals surface area contributed by atoms with Crippen LogP contribution in [0.4, 0.5) is 0 Å². The Morgan fingerprint density at radius 1 is 0.771 bits per heavy atom. The molecule has 35 heavy (non-hydrogen) atoms. The van der Waals surface area contributed by atoms with Crippen LogP contribution in [-0.4, -0.2) is 16.8 Å². The maximum atomic E-state index is 13.2. The van der Waals surface area contributed by atoms with Crippen molar-refractivity contribution >= 4 is 21.9 Å². The average molecular weight is 468 g/mol. The molecule has 5 aromatic rings. The van der Waals surface area contributed by atoms with E-state index in [1.54, 1.807) is 78.9 Å². The van der Waals surface area contributed by atoms with Crippen molar-refractivity contribution in [2.45, 2.75) is 5.92 Å². The number of para-hydroxylation sites is 2. The fraction of sp³-hybridized carbons (Fsp3) is 0.0714. The van der Waals surface area contributed by atoms with Crippen LogP contribution in [0.5, 0.6) is 17.2 Å². The Morgan fingerprint density at radius 3 is 1.74 bits per heavy atom. The topological polar surface area (TPSA) is 110 Å². The minimum absolute atomic E-state index is 0.193. The van der Waals surface area contributed by atoms with Gasteiger partial charge in [0.15, 0.2) is 0 Å². The van der Waals surface area contributed by atoms with Crippen LogP contribution in [0.25, 0.3) is 21.9 Å². The summed E-state index contributed by atoms with van der Waals surface area (Å²) < 4.78 is 16.5. The lowest BCUT2D eigenvalue weighted by Gasteiger charge is -2.20. The number of hydrogen-bond acceptors (Lipinski definition) is 7. The molecule has 174 valence electrons. The maximum absolute atomic E-state index is 13.2. The summed E-state index contributed by atoms with van der Waals surface area (Å²) in [5, 5.41) is 22.9. The predicted octanol–water partition coefficient (Wildman–Crippen LogP) is 5.06. The Balaban J connectivity index is 1.82. The number of aromatic hydroxyl groups is 2. The largest absolute Gasteiger partial charge is 0.507 e. The number of ether oxygens (including phenoxy) is 1. The van der Waals surface area contributed by atoms with Crippen LogP contribution in [0, 0.1) is 0 Å². The molecule has 7 nitrogen and oxygen atoms in total. The minimum atomic E-state index is -1.19. The third kappa shape index (κ3) is 3.83. The van der Waals surface area contributed by atoms with Crippen LogP contribution < -0.4 is 16.0 Å². The molecule has 0 aliphatic rings. The Hall–Kier alpha value is -4.78. The zero-order chi connectivity index (χ0) is 24.5. The molecule has 0 saturated heterocycles. The normalized spacial score (nSPS) is 11.2. The van der Waals surface area contributed by atoms with Crippen molar-refractivity contribution < 1.29 is 23.8 Å². The summed E-state index contributed by atoms with van der Waals surface area (Å²) in [5.41, 5.74) is -1.24. The van der Waals surface area contributed by atoms with Gasteiger partial charge in [-0.2, -0.15) is 0 Å². The molecule has 2 N–H and O–H groups in total. The SMILES string of the molecule is C=CCOc1ccc(C(c2c(O)c3ccccc3oc2=O)c2c(O)c3ccccc3oc2=O)cc1. The van der Waals surface area contributed by atoms with Crippen molar-refractivity contribution in [3.63, 3.8) is 0 Å². The first kappa shape index (κ1) is 22.0. The molecule has 0 saturated carbocycles. The summed E-state index contributed by atoms with van der Waals surface area (Å²) in [7, 11) is 0. The molecule has 0 spiro atoms. The van der Waals surface area contributed by atoms with Gasteiger partial charge < -0.3 is 23.8 Å². The predicted molar refractivity (Wildman–Crippen MR) is 131 cm³/mol. The molecule has 3 aromatic carbocycles. The number of fused-ring (bicyclic) bond motifs is 2. The van der Waals surface area contributed by atoms with Crippen molar-refractivity contribution in [3.05, 3.63) is 123 Å². The van der Waals surface area contributed by atoms with Crippen LogP contribution in [0.2, 0.25) is 0 Å². The standard InChI is InChI=1S/C28H20O7/c1-2-15-33-17-13-11-16(12-14-17)22(23-25(29)18-7-3-5-9-20(18)34-27(23)31)24-26(30)19-8-4-6-10-21(19)35-28(24)32/h2-14,22,29-30H,1,15H2. The lowest BCUT2D eigenvalue weighted by atomic mass is 9.84. The van der Waals surface area contributed by atoms with E-state index in [1.165, 1.54) is 0 Å². The minimum Gasteiger partial charge on any atom is -0.507 e. The molecule has 0 radical (unpaired) electrons. The summed E-state index contributed by atoms with van der Waals surface area (Å²) in [6.45, 7) is 3.92. The Labute approximate surface area is 198 Å². The van der Waals surface area contributed by atoms with E-state index in [0.29, 0.717) is 28.7 Å². The Kier molecular flexibility index (Phi) is 5.58. The highest BCUT2D eigenvalue weighted by atomic mass is 16.5. The highest BCUT2D eigenvalue weighted by Gasteiger charge is 2.32. The number of benzene rings is 3. The van der Waals surface area contributed by atoms with Crippen molar-refractivity contribution in [3.8, 4) is 17.2 Å². The van der Waals surface area contributed by atoms with Crippen LogP contribution in [0.3, 0.4) is 0 Å². The lowest BCUT2D eigenvalue weighted by molar-refractivity contribution is 0.363. The van der Waals surface area contributed by atoms with Crippen molar-refractivity contribution in [1.29, 1.82) is 0 Å². The molecule has 0 bridgehead atoms. The second kappa shape index (κ2) is 8.87. The highest BCUT2D eigenvalue weighted by Crippen LogP contribution is 2.42. The molecule has 0 aliphatic carbocycles. The quantitative estimate of drug-likeness (QED) is 0.265. The van der Waals surface area contributed by atoms with Crippen LogP contribution in [0.1, 0.15) is 22.6 Å². The molecule has 2 aromatic heterocycles. The zero-order valence-corrected chi connectivity index (χ0v) is 18.4. The second-order valence-electron chi connectivity index (χ2n) is 7.90. The van der Waals surface area contributed by atoms with Crippen LogP contribution >= 0.6 is 0 Å². The fourth-order valence-corrected chi connectivity index (χ4v) is 4.19. The number of hydrogen-bond donors (Lipinski definition) is 2. The van der Waals surface area contributed by atoms with E-state index in [9.17, 15) is 19.8 Å². The monoisotopic (exact) mass is 468 g/mol. The smallest absolute Gasteiger partial charge is 0.344 e. The fourth-order valence-electron chi connectivity index (χ4n) is 4.19. The molecule has 7 heteroatoms. The van der Waals surface area contributed by atoms with Gasteiger partial charge in [0.2, 0.25) is 0 Å². The third-order valence-electron chi connectivity index (χ3n) is 5.80. The Morgan fingerprint density at radius 2 is 1.26 bits per heavy atom. The summed E-state index contributed by atoms with van der Waals surface area (Å²) in [6, 6.07) is 19.6. The van der Waals surface area contributed by atoms with E-state index < -0.39 is 17.2 Å². The Bertz CT molecular complexity index is 1580. The lowest BCUT2D eigenvalue weighted by Crippen LogP contribution is -2.21. The number of rotatable bonds is 6. The van der Waals surface area contributed by atoms with Gasteiger partial charge in [0.05, 0.1) is 27.8 Å². The van der Waals surface area contributed by atoms with Gasteiger partial charge in [-0.1, -0.05) is 49.1 Å². The molecule has 0 amide bonds. The molecular formula is C28H20O7. The van der Waals surface area contributed by atoms with Crippen molar-refractivity contribution in [2.75, 3.05) is 6.61 Å². The molecule has 5 rings (SSSR count). The van der Waals surface area contributed by atoms with E-state index in [-0.39, 0.29) is 33.8 Å². The van der Waals surface area contributed by atoms with Crippen molar-refractivity contribution in [2.24, 2.45) is 0 Å². The summed E-state index contributed by atoms with van der Waals surface area (Å²) in [5.74, 6) is -1.34. The highest BCUT2D eigenvalue weighted by molar-refractivity contribution is 5.86.